The third-order valence-electron chi connectivity index (χ3n) is 8.45. The average Bonchev–Trinajstić information content (AvgIpc) is 3.73. The molecule has 9 rings (SSSR count). The molecule has 9 aromatic rings. The Bertz CT molecular complexity index is 2710. The number of nitrogens with zero attached hydrogens (tertiary/aromatic N) is 3. The molecule has 0 aliphatic heterocycles. The highest BCUT2D eigenvalue weighted by atomic mass is 16.4. The largest absolute Gasteiger partial charge is 0.452 e. The highest BCUT2D eigenvalue weighted by Gasteiger charge is 2.19. The second-order valence-electron chi connectivity index (χ2n) is 10.7. The van der Waals surface area contributed by atoms with Crippen molar-refractivity contribution in [2.75, 3.05) is 0 Å². The number of aromatic nitrogens is 1. The van der Waals surface area contributed by atoms with Crippen LogP contribution in [0.1, 0.15) is 5.56 Å². The van der Waals surface area contributed by atoms with Crippen LogP contribution >= 0.6 is 0 Å². The number of benzene rings is 6. The molecule has 0 aliphatic rings. The van der Waals surface area contributed by atoms with E-state index in [2.05, 4.69) is 57.9 Å². The highest BCUT2D eigenvalue weighted by molar-refractivity contribution is 6.19. The van der Waals surface area contributed by atoms with Gasteiger partial charge in [0.15, 0.2) is 16.9 Å². The maximum atomic E-state index is 9.87. The van der Waals surface area contributed by atoms with Crippen molar-refractivity contribution >= 4 is 71.4 Å². The molecule has 0 bridgehead atoms. The standard InChI is InChI=1S/C38H19N3O2/c1-40-24-12-16-33-30(20-24)26-6-2-4-8-32(26)41(33)34-18-22(21-39)10-13-25(34)23-11-17-36-31(19-23)29-15-14-28-27-7-3-5-9-35(27)42-37(28)38(29)43-36/h2-20H. The van der Waals surface area contributed by atoms with Gasteiger partial charge in [0.1, 0.15) is 11.2 Å². The van der Waals surface area contributed by atoms with Gasteiger partial charge in [-0.25, -0.2) is 4.85 Å². The van der Waals surface area contributed by atoms with Gasteiger partial charge in [-0.2, -0.15) is 5.26 Å². The van der Waals surface area contributed by atoms with Crippen molar-refractivity contribution in [1.82, 2.24) is 4.57 Å². The fourth-order valence-corrected chi connectivity index (χ4v) is 6.50. The first kappa shape index (κ1) is 23.4. The van der Waals surface area contributed by atoms with Crippen molar-refractivity contribution in [3.63, 3.8) is 0 Å². The van der Waals surface area contributed by atoms with Crippen molar-refractivity contribution in [2.24, 2.45) is 0 Å². The smallest absolute Gasteiger partial charge is 0.188 e. The van der Waals surface area contributed by atoms with Crippen molar-refractivity contribution in [1.29, 1.82) is 5.26 Å². The molecule has 6 aromatic carbocycles. The maximum Gasteiger partial charge on any atom is 0.188 e. The molecule has 198 valence electrons. The summed E-state index contributed by atoms with van der Waals surface area (Å²) >= 11 is 0. The summed E-state index contributed by atoms with van der Waals surface area (Å²) in [6, 6.07) is 40.6. The topological polar surface area (TPSA) is 59.4 Å². The van der Waals surface area contributed by atoms with Crippen LogP contribution in [0.2, 0.25) is 0 Å². The minimum absolute atomic E-state index is 0.574. The van der Waals surface area contributed by atoms with E-state index < -0.39 is 0 Å². The Balaban J connectivity index is 1.32. The van der Waals surface area contributed by atoms with Crippen LogP contribution in [0.3, 0.4) is 0 Å². The first-order valence-corrected chi connectivity index (χ1v) is 13.9. The van der Waals surface area contributed by atoms with Gasteiger partial charge in [-0.05, 0) is 71.6 Å². The first-order valence-electron chi connectivity index (χ1n) is 13.9. The van der Waals surface area contributed by atoms with Gasteiger partial charge in [0.2, 0.25) is 0 Å². The van der Waals surface area contributed by atoms with E-state index in [-0.39, 0.29) is 0 Å². The number of nitriles is 1. The van der Waals surface area contributed by atoms with Gasteiger partial charge in [0, 0.05) is 32.5 Å². The second kappa shape index (κ2) is 8.60. The molecule has 5 heteroatoms. The summed E-state index contributed by atoms with van der Waals surface area (Å²) in [5, 5.41) is 16.0. The van der Waals surface area contributed by atoms with Crippen molar-refractivity contribution in [2.45, 2.75) is 0 Å². The van der Waals surface area contributed by atoms with E-state index >= 15 is 0 Å². The molecule has 0 radical (unpaired) electrons. The highest BCUT2D eigenvalue weighted by Crippen LogP contribution is 2.42. The molecule has 0 fully saturated rings. The second-order valence-corrected chi connectivity index (χ2v) is 10.7. The molecule has 43 heavy (non-hydrogen) atoms. The summed E-state index contributed by atoms with van der Waals surface area (Å²) in [7, 11) is 0. The number of furan rings is 2. The molecule has 0 N–H and O–H groups in total. The molecule has 0 saturated heterocycles. The van der Waals surface area contributed by atoms with Crippen LogP contribution in [0.4, 0.5) is 5.69 Å². The van der Waals surface area contributed by atoms with Crippen LogP contribution in [0, 0.1) is 17.9 Å². The number of hydrogen-bond donors (Lipinski definition) is 0. The average molecular weight is 550 g/mol. The lowest BCUT2D eigenvalue weighted by Gasteiger charge is -2.15. The van der Waals surface area contributed by atoms with Gasteiger partial charge in [-0.3, -0.25) is 0 Å². The fourth-order valence-electron chi connectivity index (χ4n) is 6.50. The molecule has 5 nitrogen and oxygen atoms in total. The zero-order valence-corrected chi connectivity index (χ0v) is 22.6. The third kappa shape index (κ3) is 3.25. The Morgan fingerprint density at radius 3 is 2.14 bits per heavy atom. The number of rotatable bonds is 2. The van der Waals surface area contributed by atoms with Crippen LogP contribution in [0.15, 0.2) is 124 Å². The Labute approximate surface area is 244 Å². The minimum atomic E-state index is 0.574. The van der Waals surface area contributed by atoms with Crippen LogP contribution in [0.5, 0.6) is 0 Å². The van der Waals surface area contributed by atoms with E-state index in [1.807, 2.05) is 72.8 Å². The summed E-state index contributed by atoms with van der Waals surface area (Å²) in [4.78, 5) is 3.66. The molecule has 0 aliphatic carbocycles. The van der Waals surface area contributed by atoms with E-state index in [1.165, 1.54) is 0 Å². The Morgan fingerprint density at radius 1 is 0.605 bits per heavy atom. The monoisotopic (exact) mass is 549 g/mol. The van der Waals surface area contributed by atoms with E-state index in [4.69, 9.17) is 15.4 Å². The first-order chi connectivity index (χ1) is 21.2. The van der Waals surface area contributed by atoms with E-state index in [9.17, 15) is 5.26 Å². The third-order valence-corrected chi connectivity index (χ3v) is 8.45. The zero-order valence-electron chi connectivity index (χ0n) is 22.6. The van der Waals surface area contributed by atoms with Gasteiger partial charge < -0.3 is 13.4 Å². The predicted octanol–water partition coefficient (Wildman–Crippen LogP) is 10.7. The Kier molecular flexibility index (Phi) is 4.68. The lowest BCUT2D eigenvalue weighted by molar-refractivity contribution is 0.633. The van der Waals surface area contributed by atoms with Crippen LogP contribution in [-0.2, 0) is 0 Å². The summed E-state index contributed by atoms with van der Waals surface area (Å²) in [6.07, 6.45) is 0. The molecule has 0 spiro atoms. The summed E-state index contributed by atoms with van der Waals surface area (Å²) < 4.78 is 14.9. The van der Waals surface area contributed by atoms with Gasteiger partial charge in [-0.1, -0.05) is 54.6 Å². The summed E-state index contributed by atoms with van der Waals surface area (Å²) in [5.41, 5.74) is 9.15. The van der Waals surface area contributed by atoms with Gasteiger partial charge in [0.25, 0.3) is 0 Å². The van der Waals surface area contributed by atoms with E-state index in [0.29, 0.717) is 11.3 Å². The summed E-state index contributed by atoms with van der Waals surface area (Å²) in [6.45, 7) is 7.55. The SMILES string of the molecule is [C-]#[N+]c1ccc2c(c1)c1ccccc1n2-c1cc(C#N)ccc1-c1ccc2oc3c(ccc4c5ccccc5oc43)c2c1. The summed E-state index contributed by atoms with van der Waals surface area (Å²) in [5.74, 6) is 0. The molecule has 0 saturated carbocycles. The molecule has 0 unspecified atom stereocenters. The van der Waals surface area contributed by atoms with Crippen molar-refractivity contribution in [3.8, 4) is 22.9 Å². The maximum absolute atomic E-state index is 9.87. The molecule has 0 amide bonds. The number of hydrogen-bond acceptors (Lipinski definition) is 3. The Morgan fingerprint density at radius 2 is 1.33 bits per heavy atom. The molecular formula is C38H19N3O2. The lowest BCUT2D eigenvalue weighted by Crippen LogP contribution is -1.98. The molecule has 0 atom stereocenters. The predicted molar refractivity (Wildman–Crippen MR) is 172 cm³/mol. The minimum Gasteiger partial charge on any atom is -0.452 e. The number of fused-ring (bicyclic) bond motifs is 10. The molecule has 3 aromatic heterocycles. The number of para-hydroxylation sites is 2. The van der Waals surface area contributed by atoms with E-state index in [1.54, 1.807) is 0 Å². The lowest BCUT2D eigenvalue weighted by atomic mass is 9.99. The van der Waals surface area contributed by atoms with Gasteiger partial charge >= 0.3 is 0 Å². The zero-order chi connectivity index (χ0) is 28.7. The van der Waals surface area contributed by atoms with Crippen molar-refractivity contribution < 1.29 is 8.83 Å². The van der Waals surface area contributed by atoms with Crippen molar-refractivity contribution in [3.05, 3.63) is 132 Å². The van der Waals surface area contributed by atoms with Crippen LogP contribution in [0.25, 0.3) is 87.3 Å². The normalized spacial score (nSPS) is 11.7. The van der Waals surface area contributed by atoms with Gasteiger partial charge in [0.05, 0.1) is 34.9 Å². The van der Waals surface area contributed by atoms with Crippen LogP contribution in [-0.4, -0.2) is 4.57 Å². The van der Waals surface area contributed by atoms with Gasteiger partial charge in [-0.15, -0.1) is 0 Å². The fraction of sp³-hybridized carbons (Fsp3) is 0. The van der Waals surface area contributed by atoms with E-state index in [0.717, 1.165) is 82.5 Å². The Hall–Kier alpha value is -6.30. The molecule has 3 heterocycles. The molecular weight excluding hydrogens is 530 g/mol. The quantitative estimate of drug-likeness (QED) is 0.202. The van der Waals surface area contributed by atoms with Crippen LogP contribution < -0.4 is 0 Å².